The number of carbonyl (C=O) groups is 1. The van der Waals surface area contributed by atoms with Crippen molar-refractivity contribution < 1.29 is 14.6 Å². The zero-order chi connectivity index (χ0) is 12.7. The Labute approximate surface area is 101 Å². The summed E-state index contributed by atoms with van der Waals surface area (Å²) in [6, 6.07) is 7.62. The number of hydrogen-bond acceptors (Lipinski definition) is 2. The Balaban J connectivity index is 2.59. The molecular formula is C14H16O3. The molecule has 0 atom stereocenters. The molecule has 0 aromatic heterocycles. The Bertz CT molecular complexity index is 414. The molecule has 0 heterocycles. The third-order valence-electron chi connectivity index (χ3n) is 1.89. The summed E-state index contributed by atoms with van der Waals surface area (Å²) in [6.45, 7) is 3.95. The van der Waals surface area contributed by atoms with E-state index in [9.17, 15) is 4.79 Å². The van der Waals surface area contributed by atoms with E-state index in [0.29, 0.717) is 0 Å². The number of allylic oxidation sites excluding steroid dienone is 2. The highest BCUT2D eigenvalue weighted by Gasteiger charge is 1.95. The lowest BCUT2D eigenvalue weighted by Gasteiger charge is -2.09. The first-order valence-electron chi connectivity index (χ1n) is 5.42. The van der Waals surface area contributed by atoms with Crippen molar-refractivity contribution in [3.8, 4) is 5.75 Å². The summed E-state index contributed by atoms with van der Waals surface area (Å²) in [4.78, 5) is 10.2. The fourth-order valence-electron chi connectivity index (χ4n) is 1.23. The summed E-state index contributed by atoms with van der Waals surface area (Å²) in [5, 5.41) is 8.39. The average molecular weight is 232 g/mol. The standard InChI is InChI=1S/C14H16O3/c1-11(2)17-13-9-7-12(8-10-13)5-3-4-6-14(15)16/h3-11H,1-2H3,(H,15,16). The van der Waals surface area contributed by atoms with E-state index in [2.05, 4.69) is 0 Å². The van der Waals surface area contributed by atoms with Crippen LogP contribution in [0.2, 0.25) is 0 Å². The molecule has 0 radical (unpaired) electrons. The quantitative estimate of drug-likeness (QED) is 0.626. The predicted molar refractivity (Wildman–Crippen MR) is 68.0 cm³/mol. The van der Waals surface area contributed by atoms with Crippen molar-refractivity contribution in [3.63, 3.8) is 0 Å². The number of ether oxygens (including phenoxy) is 1. The second kappa shape index (κ2) is 6.53. The largest absolute Gasteiger partial charge is 0.491 e. The lowest BCUT2D eigenvalue weighted by molar-refractivity contribution is -0.131. The Morgan fingerprint density at radius 3 is 2.41 bits per heavy atom. The summed E-state index contributed by atoms with van der Waals surface area (Å²) in [7, 11) is 0. The fourth-order valence-corrected chi connectivity index (χ4v) is 1.23. The molecule has 0 aliphatic heterocycles. The van der Waals surface area contributed by atoms with E-state index in [1.165, 1.54) is 6.08 Å². The van der Waals surface area contributed by atoms with E-state index in [4.69, 9.17) is 9.84 Å². The number of carboxylic acid groups (broad SMARTS) is 1. The van der Waals surface area contributed by atoms with E-state index in [0.717, 1.165) is 17.4 Å². The molecule has 3 heteroatoms. The second-order valence-electron chi connectivity index (χ2n) is 3.79. The van der Waals surface area contributed by atoms with Gasteiger partial charge in [0, 0.05) is 6.08 Å². The second-order valence-corrected chi connectivity index (χ2v) is 3.79. The van der Waals surface area contributed by atoms with Crippen LogP contribution in [-0.2, 0) is 4.79 Å². The van der Waals surface area contributed by atoms with Gasteiger partial charge >= 0.3 is 5.97 Å². The van der Waals surface area contributed by atoms with E-state index in [1.807, 2.05) is 44.2 Å². The van der Waals surface area contributed by atoms with Crippen LogP contribution in [0.25, 0.3) is 6.08 Å². The molecule has 1 aromatic carbocycles. The van der Waals surface area contributed by atoms with Crippen molar-refractivity contribution in [2.24, 2.45) is 0 Å². The Morgan fingerprint density at radius 1 is 1.24 bits per heavy atom. The normalized spacial score (nSPS) is 11.5. The van der Waals surface area contributed by atoms with Gasteiger partial charge in [0.15, 0.2) is 0 Å². The number of aliphatic carboxylic acids is 1. The minimum atomic E-state index is -0.949. The molecule has 0 saturated carbocycles. The molecule has 0 saturated heterocycles. The molecule has 0 bridgehead atoms. The average Bonchev–Trinajstić information content (AvgIpc) is 2.25. The lowest BCUT2D eigenvalue weighted by Crippen LogP contribution is -2.05. The maximum absolute atomic E-state index is 10.2. The molecule has 0 aliphatic rings. The van der Waals surface area contributed by atoms with Crippen LogP contribution in [-0.4, -0.2) is 17.2 Å². The lowest BCUT2D eigenvalue weighted by atomic mass is 10.2. The topological polar surface area (TPSA) is 46.5 Å². The molecule has 1 rings (SSSR count). The minimum absolute atomic E-state index is 0.162. The van der Waals surface area contributed by atoms with Gasteiger partial charge in [-0.3, -0.25) is 0 Å². The van der Waals surface area contributed by atoms with E-state index in [-0.39, 0.29) is 6.10 Å². The molecule has 3 nitrogen and oxygen atoms in total. The van der Waals surface area contributed by atoms with Gasteiger partial charge in [0.05, 0.1) is 6.10 Å². The van der Waals surface area contributed by atoms with Crippen LogP contribution in [0.15, 0.2) is 42.5 Å². The van der Waals surface area contributed by atoms with E-state index < -0.39 is 5.97 Å². The zero-order valence-electron chi connectivity index (χ0n) is 9.96. The van der Waals surface area contributed by atoms with E-state index >= 15 is 0 Å². The predicted octanol–water partition coefficient (Wildman–Crippen LogP) is 3.13. The maximum Gasteiger partial charge on any atom is 0.328 e. The Hall–Kier alpha value is -2.03. The SMILES string of the molecule is CC(C)Oc1ccc(C=CC=CC(=O)O)cc1. The molecule has 0 unspecified atom stereocenters. The summed E-state index contributed by atoms with van der Waals surface area (Å²) in [6.07, 6.45) is 6.26. The molecule has 90 valence electrons. The minimum Gasteiger partial charge on any atom is -0.491 e. The summed E-state index contributed by atoms with van der Waals surface area (Å²) >= 11 is 0. The van der Waals surface area contributed by atoms with Crippen LogP contribution >= 0.6 is 0 Å². The maximum atomic E-state index is 10.2. The third kappa shape index (κ3) is 5.56. The molecule has 0 aliphatic carbocycles. The van der Waals surface area contributed by atoms with Gasteiger partial charge in [0.2, 0.25) is 0 Å². The van der Waals surface area contributed by atoms with Gasteiger partial charge in [-0.2, -0.15) is 0 Å². The first kappa shape index (κ1) is 13.0. The summed E-state index contributed by atoms with van der Waals surface area (Å²) < 4.78 is 5.51. The van der Waals surface area contributed by atoms with E-state index in [1.54, 1.807) is 6.08 Å². The van der Waals surface area contributed by atoms with Crippen molar-refractivity contribution >= 4 is 12.0 Å². The molecule has 0 amide bonds. The Kier molecular flexibility index (Phi) is 5.01. The highest BCUT2D eigenvalue weighted by molar-refractivity contribution is 5.80. The van der Waals surface area contributed by atoms with Gasteiger partial charge in [0.1, 0.15) is 5.75 Å². The summed E-state index contributed by atoms with van der Waals surface area (Å²) in [5.74, 6) is -0.117. The van der Waals surface area contributed by atoms with Crippen LogP contribution in [0.5, 0.6) is 5.75 Å². The van der Waals surface area contributed by atoms with Crippen molar-refractivity contribution in [3.05, 3.63) is 48.1 Å². The van der Waals surface area contributed by atoms with Crippen molar-refractivity contribution in [1.82, 2.24) is 0 Å². The van der Waals surface area contributed by atoms with Crippen LogP contribution in [0.4, 0.5) is 0 Å². The van der Waals surface area contributed by atoms with Crippen molar-refractivity contribution in [2.75, 3.05) is 0 Å². The van der Waals surface area contributed by atoms with Gasteiger partial charge in [-0.05, 0) is 31.5 Å². The van der Waals surface area contributed by atoms with Crippen LogP contribution < -0.4 is 4.74 Å². The number of carboxylic acids is 1. The zero-order valence-corrected chi connectivity index (χ0v) is 9.96. The smallest absolute Gasteiger partial charge is 0.328 e. The fraction of sp³-hybridized carbons (Fsp3) is 0.214. The first-order valence-corrected chi connectivity index (χ1v) is 5.42. The summed E-state index contributed by atoms with van der Waals surface area (Å²) in [5.41, 5.74) is 0.996. The van der Waals surface area contributed by atoms with Gasteiger partial charge in [-0.25, -0.2) is 4.79 Å². The Morgan fingerprint density at radius 2 is 1.88 bits per heavy atom. The highest BCUT2D eigenvalue weighted by atomic mass is 16.5. The third-order valence-corrected chi connectivity index (χ3v) is 1.89. The highest BCUT2D eigenvalue weighted by Crippen LogP contribution is 2.14. The molecule has 0 spiro atoms. The molecule has 1 N–H and O–H groups in total. The van der Waals surface area contributed by atoms with Gasteiger partial charge < -0.3 is 9.84 Å². The van der Waals surface area contributed by atoms with Crippen LogP contribution in [0, 0.1) is 0 Å². The molecule has 17 heavy (non-hydrogen) atoms. The van der Waals surface area contributed by atoms with Crippen molar-refractivity contribution in [1.29, 1.82) is 0 Å². The van der Waals surface area contributed by atoms with Crippen molar-refractivity contribution in [2.45, 2.75) is 20.0 Å². The van der Waals surface area contributed by atoms with Crippen LogP contribution in [0.3, 0.4) is 0 Å². The first-order chi connectivity index (χ1) is 8.08. The number of benzene rings is 1. The number of rotatable bonds is 5. The van der Waals surface area contributed by atoms with Gasteiger partial charge in [-0.1, -0.05) is 30.4 Å². The molecule has 1 aromatic rings. The monoisotopic (exact) mass is 232 g/mol. The number of hydrogen-bond donors (Lipinski definition) is 1. The van der Waals surface area contributed by atoms with Crippen LogP contribution in [0.1, 0.15) is 19.4 Å². The molecule has 0 fully saturated rings. The van der Waals surface area contributed by atoms with Gasteiger partial charge in [-0.15, -0.1) is 0 Å². The molecular weight excluding hydrogens is 216 g/mol. The van der Waals surface area contributed by atoms with Gasteiger partial charge in [0.25, 0.3) is 0 Å².